The third-order valence-corrected chi connectivity index (χ3v) is 14.3. The van der Waals surface area contributed by atoms with Crippen LogP contribution in [0.5, 0.6) is 0 Å². The summed E-state index contributed by atoms with van der Waals surface area (Å²) >= 11 is 0. The van der Waals surface area contributed by atoms with Gasteiger partial charge in [-0.1, -0.05) is 0 Å². The number of aliphatic hydroxyl groups excluding tert-OH is 1. The van der Waals surface area contributed by atoms with Crippen LogP contribution < -0.4 is 0 Å². The summed E-state index contributed by atoms with van der Waals surface area (Å²) in [5.41, 5.74) is 0. The third-order valence-electron chi connectivity index (χ3n) is 7.30. The molecule has 11 nitrogen and oxygen atoms in total. The first kappa shape index (κ1) is 48.2. The van der Waals surface area contributed by atoms with Crippen molar-refractivity contribution in [2.45, 2.75) is 199 Å². The van der Waals surface area contributed by atoms with E-state index in [4.69, 9.17) is 45.2 Å². The summed E-state index contributed by atoms with van der Waals surface area (Å²) in [6.07, 6.45) is -6.86. The molecule has 0 aromatic carbocycles. The fraction of sp³-hybridized carbons (Fsp3) is 1.00. The summed E-state index contributed by atoms with van der Waals surface area (Å²) < 4.78 is 68.5. The monoisotopic (exact) mass is 846 g/mol. The van der Waals surface area contributed by atoms with Crippen molar-refractivity contribution >= 4 is 58.2 Å². The Morgan fingerprint density at radius 3 is 1.06 bits per heavy atom. The van der Waals surface area contributed by atoms with Gasteiger partial charge in [0.05, 0.1) is 13.2 Å². The van der Waals surface area contributed by atoms with E-state index in [1.54, 1.807) is 0 Å². The van der Waals surface area contributed by atoms with E-state index in [2.05, 4.69) is 137 Å². The van der Waals surface area contributed by atoms with Gasteiger partial charge in [0.15, 0.2) is 70.8 Å². The van der Waals surface area contributed by atoms with Crippen LogP contribution in [0.4, 0.5) is 0 Å². The largest absolute Gasteiger partial charge is 0.415 e. The SMILES string of the molecule is C[Si](C)(C)OCC1O[C@@H](O[C@@H]2C(CO[Si](C)(C)C)O[C@@H](O)C(O[Si](C)(C)C)[C@@H]2O[Si](C)(C)C)C(O[Si](C)(C)C)[C@H](O[Si](C)(C)C)[C@@H]1O[Si](C)(C)C. The average molecular weight is 848 g/mol. The Balaban J connectivity index is 2.83. The molecule has 0 aromatic rings. The zero-order valence-corrected chi connectivity index (χ0v) is 43.2. The van der Waals surface area contributed by atoms with Crippen LogP contribution in [-0.4, -0.2) is 138 Å². The molecule has 2 aliphatic heterocycles. The zero-order chi connectivity index (χ0) is 39.8. The highest BCUT2D eigenvalue weighted by atomic mass is 28.4. The molecule has 2 heterocycles. The number of hydrogen-bond acceptors (Lipinski definition) is 11. The van der Waals surface area contributed by atoms with Gasteiger partial charge >= 0.3 is 0 Å². The van der Waals surface area contributed by atoms with Gasteiger partial charge < -0.3 is 50.3 Å². The fourth-order valence-electron chi connectivity index (χ4n) is 5.84. The van der Waals surface area contributed by atoms with E-state index >= 15 is 0 Å². The van der Waals surface area contributed by atoms with Crippen LogP contribution in [-0.2, 0) is 45.2 Å². The summed E-state index contributed by atoms with van der Waals surface area (Å²) in [5, 5.41) is 11.5. The lowest BCUT2D eigenvalue weighted by Gasteiger charge is -2.53. The van der Waals surface area contributed by atoms with Gasteiger partial charge in [-0.2, -0.15) is 0 Å². The maximum atomic E-state index is 11.5. The first-order valence-electron chi connectivity index (χ1n) is 18.8. The van der Waals surface area contributed by atoms with Crippen LogP contribution in [0.3, 0.4) is 0 Å². The van der Waals surface area contributed by atoms with Gasteiger partial charge in [0, 0.05) is 0 Å². The van der Waals surface area contributed by atoms with E-state index in [9.17, 15) is 5.11 Å². The molecule has 10 atom stereocenters. The molecule has 0 bridgehead atoms. The molecule has 2 saturated heterocycles. The van der Waals surface area contributed by atoms with Crippen molar-refractivity contribution in [1.29, 1.82) is 0 Å². The Morgan fingerprint density at radius 1 is 0.373 bits per heavy atom. The quantitative estimate of drug-likeness (QED) is 0.138. The Morgan fingerprint density at radius 2 is 0.686 bits per heavy atom. The second-order valence-electron chi connectivity index (χ2n) is 21.0. The molecule has 4 unspecified atom stereocenters. The zero-order valence-electron chi connectivity index (χ0n) is 36.2. The molecule has 0 amide bonds. The molecule has 0 saturated carbocycles. The highest BCUT2D eigenvalue weighted by Gasteiger charge is 2.56. The lowest BCUT2D eigenvalue weighted by molar-refractivity contribution is -0.346. The summed E-state index contributed by atoms with van der Waals surface area (Å²) in [6, 6.07) is 0. The second-order valence-corrected chi connectivity index (χ2v) is 52.4. The Bertz CT molecular complexity index is 1070. The highest BCUT2D eigenvalue weighted by molar-refractivity contribution is 6.72. The average Bonchev–Trinajstić information content (AvgIpc) is 2.84. The van der Waals surface area contributed by atoms with Gasteiger partial charge in [0.2, 0.25) is 0 Å². The molecule has 51 heavy (non-hydrogen) atoms. The Kier molecular flexibility index (Phi) is 16.7. The van der Waals surface area contributed by atoms with Crippen LogP contribution in [0, 0.1) is 0 Å². The van der Waals surface area contributed by atoms with E-state index in [1.165, 1.54) is 0 Å². The minimum Gasteiger partial charge on any atom is -0.415 e. The third kappa shape index (κ3) is 18.3. The molecular formula is C33H78O11Si7. The molecule has 2 fully saturated rings. The first-order chi connectivity index (χ1) is 22.5. The van der Waals surface area contributed by atoms with E-state index in [1.807, 2.05) is 0 Å². The van der Waals surface area contributed by atoms with Crippen LogP contribution in [0.2, 0.25) is 137 Å². The van der Waals surface area contributed by atoms with Gasteiger partial charge in [-0.3, -0.25) is 0 Å². The maximum Gasteiger partial charge on any atom is 0.186 e. The molecule has 2 aliphatic rings. The van der Waals surface area contributed by atoms with Crippen molar-refractivity contribution < 1.29 is 50.3 Å². The van der Waals surface area contributed by atoms with Crippen molar-refractivity contribution in [2.75, 3.05) is 13.2 Å². The number of aliphatic hydroxyl groups is 1. The van der Waals surface area contributed by atoms with E-state index in [0.717, 1.165) is 0 Å². The predicted octanol–water partition coefficient (Wildman–Crippen LogP) is 7.62. The summed E-state index contributed by atoms with van der Waals surface area (Å²) in [6.45, 7) is 45.9. The van der Waals surface area contributed by atoms with Crippen LogP contribution in [0.25, 0.3) is 0 Å². The molecule has 1 N–H and O–H groups in total. The molecule has 0 aliphatic carbocycles. The van der Waals surface area contributed by atoms with Gasteiger partial charge in [-0.05, 0) is 137 Å². The molecule has 18 heteroatoms. The van der Waals surface area contributed by atoms with Gasteiger partial charge in [-0.15, -0.1) is 0 Å². The Labute approximate surface area is 319 Å². The normalized spacial score (nSPS) is 32.4. The highest BCUT2D eigenvalue weighted by Crippen LogP contribution is 2.38. The van der Waals surface area contributed by atoms with Crippen molar-refractivity contribution in [1.82, 2.24) is 0 Å². The van der Waals surface area contributed by atoms with Crippen LogP contribution in [0.15, 0.2) is 0 Å². The molecular weight excluding hydrogens is 769 g/mol. The van der Waals surface area contributed by atoms with E-state index in [0.29, 0.717) is 6.61 Å². The number of hydrogen-bond donors (Lipinski definition) is 1. The summed E-state index contributed by atoms with van der Waals surface area (Å²) in [5.74, 6) is 0. The predicted molar refractivity (Wildman–Crippen MR) is 224 cm³/mol. The topological polar surface area (TPSA) is 113 Å². The number of rotatable bonds is 18. The molecule has 2 rings (SSSR count). The number of ether oxygens (including phenoxy) is 3. The van der Waals surface area contributed by atoms with E-state index in [-0.39, 0.29) is 6.61 Å². The van der Waals surface area contributed by atoms with Crippen molar-refractivity contribution in [3.8, 4) is 0 Å². The molecule has 0 aromatic heterocycles. The maximum absolute atomic E-state index is 11.5. The summed E-state index contributed by atoms with van der Waals surface area (Å²) in [4.78, 5) is 0. The molecule has 304 valence electrons. The lowest BCUT2D eigenvalue weighted by atomic mass is 9.97. The summed E-state index contributed by atoms with van der Waals surface area (Å²) in [7, 11) is -14.9. The van der Waals surface area contributed by atoms with Crippen molar-refractivity contribution in [3.63, 3.8) is 0 Å². The first-order valence-corrected chi connectivity index (χ1v) is 42.7. The van der Waals surface area contributed by atoms with Gasteiger partial charge in [0.1, 0.15) is 48.8 Å². The molecule has 0 radical (unpaired) electrons. The van der Waals surface area contributed by atoms with Crippen LogP contribution >= 0.6 is 0 Å². The van der Waals surface area contributed by atoms with Gasteiger partial charge in [0.25, 0.3) is 0 Å². The minimum atomic E-state index is -2.23. The van der Waals surface area contributed by atoms with Crippen LogP contribution in [0.1, 0.15) is 0 Å². The van der Waals surface area contributed by atoms with Crippen molar-refractivity contribution in [2.24, 2.45) is 0 Å². The van der Waals surface area contributed by atoms with E-state index < -0.39 is 120 Å². The van der Waals surface area contributed by atoms with Gasteiger partial charge in [-0.25, -0.2) is 0 Å². The second kappa shape index (κ2) is 17.7. The lowest BCUT2D eigenvalue weighted by Crippen LogP contribution is -2.69. The van der Waals surface area contributed by atoms with Crippen molar-refractivity contribution in [3.05, 3.63) is 0 Å². The minimum absolute atomic E-state index is 0.229. The fourth-order valence-corrected chi connectivity index (χ4v) is 12.6. The Hall–Kier alpha value is 1.08. The smallest absolute Gasteiger partial charge is 0.186 e. The molecule has 0 spiro atoms. The standard InChI is InChI=1S/C33H78O11Si7/c1-45(2,3)35-22-24-26(28(41-48(10,11)12)30(32(34)37-24)43-50(16,17)18)39-33-31(44-51(19,20)21)29(42-49(13,14)15)27(40-47(7,8)9)25(38-33)23-36-46(4,5)6/h24-34H,22-23H2,1-21H3/t24?,25?,26-,27-,28-,29-,30?,31?,32-,33+/m1/s1.